The lowest BCUT2D eigenvalue weighted by Gasteiger charge is -2.07. The Kier molecular flexibility index (Phi) is 3.47. The molecule has 0 saturated carbocycles. The molecule has 0 amide bonds. The number of hydrogen-bond acceptors (Lipinski definition) is 4. The van der Waals surface area contributed by atoms with E-state index in [0.717, 1.165) is 5.69 Å². The average Bonchev–Trinajstić information content (AvgIpc) is 2.73. The molecule has 0 aliphatic carbocycles. The van der Waals surface area contributed by atoms with E-state index in [1.807, 2.05) is 6.07 Å². The number of rotatable bonds is 4. The van der Waals surface area contributed by atoms with Crippen LogP contribution in [0, 0.1) is 10.1 Å². The number of aromatic nitrogens is 2. The second-order valence-electron chi connectivity index (χ2n) is 3.73. The predicted octanol–water partition coefficient (Wildman–Crippen LogP) is 2.59. The Balaban J connectivity index is 2.20. The smallest absolute Gasteiger partial charge is 0.293 e. The zero-order valence-electron chi connectivity index (χ0n) is 9.63. The van der Waals surface area contributed by atoms with Crippen LogP contribution in [0.2, 0.25) is 5.02 Å². The van der Waals surface area contributed by atoms with E-state index in [4.69, 9.17) is 11.6 Å². The van der Waals surface area contributed by atoms with Gasteiger partial charge in [-0.25, -0.2) is 0 Å². The van der Waals surface area contributed by atoms with Gasteiger partial charge in [0.05, 0.1) is 22.2 Å². The zero-order chi connectivity index (χ0) is 13.1. The molecule has 1 aromatic heterocycles. The largest absolute Gasteiger partial charge is 0.373 e. The minimum Gasteiger partial charge on any atom is -0.373 e. The van der Waals surface area contributed by atoms with E-state index in [-0.39, 0.29) is 5.69 Å². The highest BCUT2D eigenvalue weighted by Gasteiger charge is 2.16. The number of hydrogen-bond donors (Lipinski definition) is 1. The Morgan fingerprint density at radius 1 is 1.50 bits per heavy atom. The van der Waals surface area contributed by atoms with E-state index in [1.54, 1.807) is 30.1 Å². The molecular weight excluding hydrogens is 256 g/mol. The Labute approximate surface area is 108 Å². The molecule has 1 heterocycles. The quantitative estimate of drug-likeness (QED) is 0.682. The lowest BCUT2D eigenvalue weighted by molar-refractivity contribution is -0.383. The molecule has 0 radical (unpaired) electrons. The molecule has 0 saturated heterocycles. The summed E-state index contributed by atoms with van der Waals surface area (Å²) in [6, 6.07) is 6.39. The minimum absolute atomic E-state index is 0.0431. The van der Waals surface area contributed by atoms with Gasteiger partial charge in [0, 0.05) is 19.3 Å². The second-order valence-corrected chi connectivity index (χ2v) is 4.13. The van der Waals surface area contributed by atoms with Crippen LogP contribution in [0.4, 0.5) is 11.4 Å². The van der Waals surface area contributed by atoms with Gasteiger partial charge in [0.25, 0.3) is 5.69 Å². The summed E-state index contributed by atoms with van der Waals surface area (Å²) in [6.07, 6.45) is 1.80. The third-order valence-corrected chi connectivity index (χ3v) is 2.72. The fourth-order valence-corrected chi connectivity index (χ4v) is 1.81. The summed E-state index contributed by atoms with van der Waals surface area (Å²) in [6.45, 7) is 0.380. The van der Waals surface area contributed by atoms with Crippen molar-refractivity contribution in [2.75, 3.05) is 5.32 Å². The first-order chi connectivity index (χ1) is 8.58. The van der Waals surface area contributed by atoms with Crippen LogP contribution in [0.1, 0.15) is 5.69 Å². The summed E-state index contributed by atoms with van der Waals surface area (Å²) >= 11 is 5.95. The normalized spacial score (nSPS) is 10.3. The van der Waals surface area contributed by atoms with E-state index in [0.29, 0.717) is 17.3 Å². The van der Waals surface area contributed by atoms with Crippen molar-refractivity contribution in [1.82, 2.24) is 9.78 Å². The number of nitrogens with zero attached hydrogens (tertiary/aromatic N) is 3. The fourth-order valence-electron chi connectivity index (χ4n) is 1.58. The molecule has 0 fully saturated rings. The van der Waals surface area contributed by atoms with Gasteiger partial charge in [-0.05, 0) is 12.1 Å². The number of benzene rings is 1. The number of nitrogens with one attached hydrogen (secondary N) is 1. The van der Waals surface area contributed by atoms with Crippen molar-refractivity contribution in [3.63, 3.8) is 0 Å². The van der Waals surface area contributed by atoms with Gasteiger partial charge in [0.15, 0.2) is 0 Å². The van der Waals surface area contributed by atoms with E-state index < -0.39 is 4.92 Å². The van der Waals surface area contributed by atoms with Crippen molar-refractivity contribution in [3.8, 4) is 0 Å². The monoisotopic (exact) mass is 266 g/mol. The molecule has 2 aromatic rings. The molecule has 0 aliphatic rings. The van der Waals surface area contributed by atoms with Crippen LogP contribution in [0.5, 0.6) is 0 Å². The van der Waals surface area contributed by atoms with Crippen LogP contribution >= 0.6 is 11.6 Å². The summed E-state index contributed by atoms with van der Waals surface area (Å²) in [5.74, 6) is 0. The predicted molar refractivity (Wildman–Crippen MR) is 68.6 cm³/mol. The summed E-state index contributed by atoms with van der Waals surface area (Å²) in [5.41, 5.74) is 1.06. The van der Waals surface area contributed by atoms with Gasteiger partial charge >= 0.3 is 0 Å². The van der Waals surface area contributed by atoms with Crippen molar-refractivity contribution >= 4 is 23.0 Å². The van der Waals surface area contributed by atoms with Gasteiger partial charge in [-0.15, -0.1) is 0 Å². The van der Waals surface area contributed by atoms with Crippen molar-refractivity contribution in [1.29, 1.82) is 0 Å². The van der Waals surface area contributed by atoms with Gasteiger partial charge in [-0.2, -0.15) is 5.10 Å². The Morgan fingerprint density at radius 2 is 2.28 bits per heavy atom. The molecule has 0 atom stereocenters. The summed E-state index contributed by atoms with van der Waals surface area (Å²) in [4.78, 5) is 10.4. The Bertz CT molecular complexity index is 582. The summed E-state index contributed by atoms with van der Waals surface area (Å²) in [7, 11) is 1.81. The lowest BCUT2D eigenvalue weighted by atomic mass is 10.2. The fraction of sp³-hybridized carbons (Fsp3) is 0.182. The lowest BCUT2D eigenvalue weighted by Crippen LogP contribution is -2.04. The summed E-state index contributed by atoms with van der Waals surface area (Å²) < 4.78 is 1.66. The van der Waals surface area contributed by atoms with E-state index in [2.05, 4.69) is 10.4 Å². The van der Waals surface area contributed by atoms with Crippen molar-refractivity contribution in [2.45, 2.75) is 6.54 Å². The number of halogens is 1. The van der Waals surface area contributed by atoms with E-state index in [1.165, 1.54) is 6.07 Å². The van der Waals surface area contributed by atoms with Crippen LogP contribution in [0.3, 0.4) is 0 Å². The standard InChI is InChI=1S/C11H11ClN4O2/c1-15-6-5-8(14-15)7-13-11-9(12)3-2-4-10(11)16(17)18/h2-6,13H,7H2,1H3. The molecule has 1 N–H and O–H groups in total. The molecule has 1 aromatic carbocycles. The summed E-state index contributed by atoms with van der Waals surface area (Å²) in [5, 5.41) is 18.3. The maximum atomic E-state index is 10.9. The van der Waals surface area contributed by atoms with Crippen LogP contribution in [0.15, 0.2) is 30.5 Å². The van der Waals surface area contributed by atoms with Crippen molar-refractivity contribution < 1.29 is 4.92 Å². The number of para-hydroxylation sites is 1. The first-order valence-electron chi connectivity index (χ1n) is 5.23. The molecular formula is C11H11ClN4O2. The first kappa shape index (κ1) is 12.4. The molecule has 0 aliphatic heterocycles. The Hall–Kier alpha value is -2.08. The number of anilines is 1. The highest BCUT2D eigenvalue weighted by Crippen LogP contribution is 2.31. The van der Waals surface area contributed by atoms with E-state index >= 15 is 0 Å². The van der Waals surface area contributed by atoms with Gasteiger partial charge in [-0.3, -0.25) is 14.8 Å². The molecule has 0 unspecified atom stereocenters. The van der Waals surface area contributed by atoms with Crippen LogP contribution in [-0.4, -0.2) is 14.7 Å². The van der Waals surface area contributed by atoms with Crippen LogP contribution in [0.25, 0.3) is 0 Å². The highest BCUT2D eigenvalue weighted by atomic mass is 35.5. The van der Waals surface area contributed by atoms with Gasteiger partial charge in [0.2, 0.25) is 0 Å². The van der Waals surface area contributed by atoms with Gasteiger partial charge in [-0.1, -0.05) is 17.7 Å². The third-order valence-electron chi connectivity index (χ3n) is 2.40. The molecule has 2 rings (SSSR count). The van der Waals surface area contributed by atoms with Crippen LogP contribution < -0.4 is 5.32 Å². The van der Waals surface area contributed by atoms with Gasteiger partial charge < -0.3 is 5.32 Å². The molecule has 0 spiro atoms. The maximum absolute atomic E-state index is 10.9. The average molecular weight is 267 g/mol. The maximum Gasteiger partial charge on any atom is 0.293 e. The van der Waals surface area contributed by atoms with Gasteiger partial charge in [0.1, 0.15) is 5.69 Å². The van der Waals surface area contributed by atoms with Crippen molar-refractivity contribution in [3.05, 3.63) is 51.3 Å². The van der Waals surface area contributed by atoms with E-state index in [9.17, 15) is 10.1 Å². The molecule has 0 bridgehead atoms. The third kappa shape index (κ3) is 2.60. The minimum atomic E-state index is -0.466. The molecule has 6 nitrogen and oxygen atoms in total. The molecule has 94 valence electrons. The Morgan fingerprint density at radius 3 is 2.89 bits per heavy atom. The topological polar surface area (TPSA) is 73.0 Å². The number of nitro groups is 1. The number of nitro benzene ring substituents is 1. The first-order valence-corrected chi connectivity index (χ1v) is 5.61. The number of aryl methyl sites for hydroxylation is 1. The second kappa shape index (κ2) is 5.05. The SMILES string of the molecule is Cn1ccc(CNc2c(Cl)cccc2[N+](=O)[O-])n1. The molecule has 7 heteroatoms. The molecule has 18 heavy (non-hydrogen) atoms. The van der Waals surface area contributed by atoms with Crippen molar-refractivity contribution in [2.24, 2.45) is 7.05 Å². The van der Waals surface area contributed by atoms with Crippen LogP contribution in [-0.2, 0) is 13.6 Å². The highest BCUT2D eigenvalue weighted by molar-refractivity contribution is 6.33. The zero-order valence-corrected chi connectivity index (χ0v) is 10.4.